The van der Waals surface area contributed by atoms with E-state index < -0.39 is 17.9 Å². The fraction of sp³-hybridized carbons (Fsp3) is 0.300. The summed E-state index contributed by atoms with van der Waals surface area (Å²) in [5, 5.41) is 26.3. The van der Waals surface area contributed by atoms with Crippen molar-refractivity contribution in [2.45, 2.75) is 50.2 Å². The largest absolute Gasteiger partial charge is 0.480 e. The summed E-state index contributed by atoms with van der Waals surface area (Å²) in [6, 6.07) is 15.9. The number of anilines is 1. The molecular formula is C30H29BrClN5O4S. The number of thioether (sulfide) groups is 1. The van der Waals surface area contributed by atoms with Gasteiger partial charge in [0.25, 0.3) is 5.91 Å². The summed E-state index contributed by atoms with van der Waals surface area (Å²) in [6.45, 7) is 3.62. The van der Waals surface area contributed by atoms with Crippen LogP contribution in [-0.2, 0) is 9.59 Å². The normalized spacial score (nSPS) is 14.4. The minimum Gasteiger partial charge on any atom is -0.480 e. The Kier molecular flexibility index (Phi) is 9.19. The molecule has 1 fully saturated rings. The molecule has 0 spiro atoms. The molecule has 3 aromatic carbocycles. The lowest BCUT2D eigenvalue weighted by atomic mass is 9.99. The molecule has 1 aliphatic carbocycles. The smallest absolute Gasteiger partial charge is 0.326 e. The molecule has 2 amide bonds. The number of nitrogens with zero attached hydrogens (tertiary/aromatic N) is 3. The van der Waals surface area contributed by atoms with Gasteiger partial charge in [0.1, 0.15) is 6.04 Å². The van der Waals surface area contributed by atoms with E-state index in [2.05, 4.69) is 61.0 Å². The van der Waals surface area contributed by atoms with Gasteiger partial charge in [-0.05, 0) is 75.8 Å². The molecule has 0 unspecified atom stereocenters. The van der Waals surface area contributed by atoms with E-state index in [0.29, 0.717) is 27.9 Å². The van der Waals surface area contributed by atoms with Gasteiger partial charge in [0.2, 0.25) is 10.6 Å². The number of nitrogens with one attached hydrogen (secondary N) is 2. The molecule has 1 saturated carbocycles. The van der Waals surface area contributed by atoms with E-state index in [4.69, 9.17) is 11.6 Å². The first-order valence-electron chi connectivity index (χ1n) is 13.6. The zero-order valence-electron chi connectivity index (χ0n) is 22.9. The summed E-state index contributed by atoms with van der Waals surface area (Å²) in [4.78, 5) is 37.1. The molecule has 218 valence electrons. The predicted octanol–water partition coefficient (Wildman–Crippen LogP) is 6.67. The predicted molar refractivity (Wildman–Crippen MR) is 168 cm³/mol. The number of hydrogen-bond acceptors (Lipinski definition) is 6. The number of benzene rings is 3. The maximum absolute atomic E-state index is 12.9. The Hall–Kier alpha value is -3.41. The van der Waals surface area contributed by atoms with Crippen LogP contribution in [0.3, 0.4) is 0 Å². The molecule has 0 bridgehead atoms. The van der Waals surface area contributed by atoms with Crippen LogP contribution in [0.2, 0.25) is 5.02 Å². The highest BCUT2D eigenvalue weighted by Gasteiger charge is 2.27. The van der Waals surface area contributed by atoms with Gasteiger partial charge in [-0.3, -0.25) is 14.2 Å². The quantitative estimate of drug-likeness (QED) is 0.152. The van der Waals surface area contributed by atoms with Crippen molar-refractivity contribution < 1.29 is 19.5 Å². The second-order valence-electron chi connectivity index (χ2n) is 10.3. The molecule has 0 saturated heterocycles. The number of fused-ring (bicyclic) bond motifs is 1. The van der Waals surface area contributed by atoms with Crippen molar-refractivity contribution in [1.82, 2.24) is 20.1 Å². The van der Waals surface area contributed by atoms with E-state index in [1.54, 1.807) is 6.92 Å². The maximum atomic E-state index is 12.9. The van der Waals surface area contributed by atoms with Crippen molar-refractivity contribution >= 4 is 73.5 Å². The number of rotatable bonds is 11. The van der Waals surface area contributed by atoms with Crippen LogP contribution in [0.25, 0.3) is 16.5 Å². The minimum absolute atomic E-state index is 0.0387. The standard InChI is InChI=1S/C30H29BrClN5O4S/c1-3-16(2)26(28(40)41)34-27(39)18-10-12-23(22(32)14-18)33-25(38)15-42-30-36-35-29(31)37(30)24-13-11-19(17-8-9-17)20-6-4-5-7-21(20)24/h4-7,10-14,16-17,26H,3,8-9,15H2,1-2H3,(H,33,38)(H,34,39)(H,40,41)/t16-,26-/m0/s1. The van der Waals surface area contributed by atoms with E-state index in [-0.39, 0.29) is 28.2 Å². The molecule has 1 aliphatic rings. The molecule has 2 atom stereocenters. The fourth-order valence-corrected chi connectivity index (χ4v) is 6.31. The molecule has 5 rings (SSSR count). The number of carboxylic acid groups (broad SMARTS) is 1. The lowest BCUT2D eigenvalue weighted by molar-refractivity contribution is -0.140. The third-order valence-electron chi connectivity index (χ3n) is 7.39. The van der Waals surface area contributed by atoms with Crippen molar-refractivity contribution in [2.24, 2.45) is 5.92 Å². The van der Waals surface area contributed by atoms with Gasteiger partial charge in [0, 0.05) is 10.9 Å². The lowest BCUT2D eigenvalue weighted by Gasteiger charge is -2.20. The first kappa shape index (κ1) is 30.1. The Labute approximate surface area is 260 Å². The summed E-state index contributed by atoms with van der Waals surface area (Å²) in [5.74, 6) is -1.58. The van der Waals surface area contributed by atoms with Gasteiger partial charge in [-0.1, -0.05) is 74.0 Å². The fourth-order valence-electron chi connectivity index (χ4n) is 4.78. The van der Waals surface area contributed by atoms with E-state index in [1.165, 1.54) is 53.8 Å². The molecule has 1 heterocycles. The summed E-state index contributed by atoms with van der Waals surface area (Å²) < 4.78 is 2.42. The monoisotopic (exact) mass is 669 g/mol. The van der Waals surface area contributed by atoms with Crippen molar-refractivity contribution in [3.05, 3.63) is 75.5 Å². The molecule has 3 N–H and O–H groups in total. The Morgan fingerprint density at radius 2 is 1.86 bits per heavy atom. The Balaban J connectivity index is 1.27. The molecular weight excluding hydrogens is 642 g/mol. The van der Waals surface area contributed by atoms with Crippen LogP contribution in [0.4, 0.5) is 5.69 Å². The lowest BCUT2D eigenvalue weighted by Crippen LogP contribution is -2.45. The van der Waals surface area contributed by atoms with Gasteiger partial charge < -0.3 is 15.7 Å². The van der Waals surface area contributed by atoms with E-state index in [9.17, 15) is 19.5 Å². The van der Waals surface area contributed by atoms with E-state index >= 15 is 0 Å². The highest BCUT2D eigenvalue weighted by molar-refractivity contribution is 9.10. The first-order chi connectivity index (χ1) is 20.2. The van der Waals surface area contributed by atoms with Crippen LogP contribution < -0.4 is 10.6 Å². The van der Waals surface area contributed by atoms with Crippen LogP contribution in [0.15, 0.2) is 64.5 Å². The second kappa shape index (κ2) is 12.8. The molecule has 0 radical (unpaired) electrons. The Bertz CT molecular complexity index is 1670. The van der Waals surface area contributed by atoms with Crippen molar-refractivity contribution in [2.75, 3.05) is 11.1 Å². The average Bonchev–Trinajstić information content (AvgIpc) is 3.76. The third kappa shape index (κ3) is 6.48. The van der Waals surface area contributed by atoms with Crippen LogP contribution >= 0.6 is 39.3 Å². The Morgan fingerprint density at radius 3 is 2.52 bits per heavy atom. The van der Waals surface area contributed by atoms with Gasteiger partial charge in [-0.25, -0.2) is 4.79 Å². The van der Waals surface area contributed by atoms with E-state index in [1.807, 2.05) is 23.6 Å². The van der Waals surface area contributed by atoms with Crippen molar-refractivity contribution in [3.63, 3.8) is 0 Å². The summed E-state index contributed by atoms with van der Waals surface area (Å²) in [5.41, 5.74) is 2.80. The van der Waals surface area contributed by atoms with Crippen LogP contribution in [-0.4, -0.2) is 49.4 Å². The number of aromatic nitrogens is 3. The molecule has 4 aromatic rings. The number of amides is 2. The van der Waals surface area contributed by atoms with Crippen molar-refractivity contribution in [1.29, 1.82) is 0 Å². The van der Waals surface area contributed by atoms with E-state index in [0.717, 1.165) is 11.1 Å². The zero-order chi connectivity index (χ0) is 30.0. The van der Waals surface area contributed by atoms with Gasteiger partial charge in [-0.15, -0.1) is 10.2 Å². The SMILES string of the molecule is CC[C@H](C)[C@H](NC(=O)c1ccc(NC(=O)CSc2nnc(Br)n2-c2ccc(C3CC3)c3ccccc23)c(Cl)c1)C(=O)O. The number of carboxylic acids is 1. The summed E-state index contributed by atoms with van der Waals surface area (Å²) >= 11 is 11.1. The Morgan fingerprint density at radius 1 is 1.12 bits per heavy atom. The summed E-state index contributed by atoms with van der Waals surface area (Å²) in [6.07, 6.45) is 3.01. The molecule has 42 heavy (non-hydrogen) atoms. The van der Waals surface area contributed by atoms with Gasteiger partial charge >= 0.3 is 5.97 Å². The van der Waals surface area contributed by atoms with Gasteiger partial charge in [0.05, 0.1) is 22.2 Å². The second-order valence-corrected chi connectivity index (χ2v) is 12.3. The van der Waals surface area contributed by atoms with Crippen molar-refractivity contribution in [3.8, 4) is 5.69 Å². The highest BCUT2D eigenvalue weighted by Crippen LogP contribution is 2.44. The molecule has 12 heteroatoms. The van der Waals surface area contributed by atoms with Gasteiger partial charge in [0.15, 0.2) is 5.16 Å². The maximum Gasteiger partial charge on any atom is 0.326 e. The van der Waals surface area contributed by atoms with Crippen LogP contribution in [0.5, 0.6) is 0 Å². The topological polar surface area (TPSA) is 126 Å². The van der Waals surface area contributed by atoms with Crippen LogP contribution in [0.1, 0.15) is 54.9 Å². The van der Waals surface area contributed by atoms with Gasteiger partial charge in [-0.2, -0.15) is 0 Å². The number of aliphatic carboxylic acids is 1. The third-order valence-corrected chi connectivity index (χ3v) is 9.14. The summed E-state index contributed by atoms with van der Waals surface area (Å²) in [7, 11) is 0. The highest BCUT2D eigenvalue weighted by atomic mass is 79.9. The number of hydrogen-bond donors (Lipinski definition) is 3. The average molecular weight is 671 g/mol. The number of carbonyl (C=O) groups excluding carboxylic acids is 2. The molecule has 1 aromatic heterocycles. The molecule has 0 aliphatic heterocycles. The minimum atomic E-state index is -1.10. The number of carbonyl (C=O) groups is 3. The number of halogens is 2. The zero-order valence-corrected chi connectivity index (χ0v) is 26.1. The van der Waals surface area contributed by atoms with Crippen LogP contribution in [0, 0.1) is 5.92 Å². The molecule has 9 nitrogen and oxygen atoms in total. The first-order valence-corrected chi connectivity index (χ1v) is 15.7.